The third kappa shape index (κ3) is 8.04. The van der Waals surface area contributed by atoms with Crippen LogP contribution in [0.2, 0.25) is 0 Å². The molecular weight excluding hydrogens is 352 g/mol. The average molecular weight is 391 g/mol. The fourth-order valence-electron chi connectivity index (χ4n) is 3.44. The molecule has 2 aliphatic heterocycles. The summed E-state index contributed by atoms with van der Waals surface area (Å²) < 4.78 is 24.0. The Morgan fingerprint density at radius 1 is 1.18 bits per heavy atom. The standard InChI is InChI=1S/C20H28O4.C4H10/c1-4-8-16-11-18(21-13-15-9-6-5-7-10-15)19(23-16)12-17-14-22-20(2,3)24-17;1-4(2)3/h4-7,9-10,16-19H,1,8,11-14H2,2-3H3;4H,1-3H3/t16-,17+,18+,19+;/m0./s1. The highest BCUT2D eigenvalue weighted by molar-refractivity contribution is 5.13. The predicted molar refractivity (Wildman–Crippen MR) is 113 cm³/mol. The summed E-state index contributed by atoms with van der Waals surface area (Å²) in [5.41, 5.74) is 1.19. The Labute approximate surface area is 171 Å². The van der Waals surface area contributed by atoms with E-state index in [0.717, 1.165) is 25.2 Å². The van der Waals surface area contributed by atoms with Crippen molar-refractivity contribution in [2.24, 2.45) is 5.92 Å². The van der Waals surface area contributed by atoms with Crippen LogP contribution >= 0.6 is 0 Å². The van der Waals surface area contributed by atoms with E-state index in [-0.39, 0.29) is 24.4 Å². The van der Waals surface area contributed by atoms with Crippen LogP contribution in [0.4, 0.5) is 0 Å². The predicted octanol–water partition coefficient (Wildman–Crippen LogP) is 5.51. The van der Waals surface area contributed by atoms with Crippen LogP contribution in [0.1, 0.15) is 59.4 Å². The maximum atomic E-state index is 6.20. The van der Waals surface area contributed by atoms with Crippen molar-refractivity contribution in [1.82, 2.24) is 0 Å². The molecule has 158 valence electrons. The maximum Gasteiger partial charge on any atom is 0.163 e. The minimum atomic E-state index is -0.496. The van der Waals surface area contributed by atoms with Gasteiger partial charge in [-0.2, -0.15) is 0 Å². The maximum absolute atomic E-state index is 6.20. The molecule has 1 aromatic rings. The zero-order valence-corrected chi connectivity index (χ0v) is 18.2. The Bertz CT molecular complexity index is 566. The van der Waals surface area contributed by atoms with E-state index in [2.05, 4.69) is 39.5 Å². The highest BCUT2D eigenvalue weighted by atomic mass is 16.7. The largest absolute Gasteiger partial charge is 0.372 e. The molecule has 0 spiro atoms. The molecule has 0 unspecified atom stereocenters. The molecule has 2 saturated heterocycles. The van der Waals surface area contributed by atoms with Gasteiger partial charge in [-0.1, -0.05) is 57.2 Å². The minimum absolute atomic E-state index is 0.0427. The quantitative estimate of drug-likeness (QED) is 0.575. The monoisotopic (exact) mass is 390 g/mol. The van der Waals surface area contributed by atoms with Crippen LogP contribution in [-0.2, 0) is 25.6 Å². The van der Waals surface area contributed by atoms with Gasteiger partial charge in [0.25, 0.3) is 0 Å². The molecule has 4 atom stereocenters. The van der Waals surface area contributed by atoms with Crippen molar-refractivity contribution < 1.29 is 18.9 Å². The van der Waals surface area contributed by atoms with Gasteiger partial charge in [0.05, 0.1) is 37.6 Å². The second-order valence-corrected chi connectivity index (χ2v) is 8.81. The summed E-state index contributed by atoms with van der Waals surface area (Å²) in [6, 6.07) is 10.3. The molecule has 4 heteroatoms. The number of rotatable bonds is 7. The van der Waals surface area contributed by atoms with E-state index in [0.29, 0.717) is 13.2 Å². The Kier molecular flexibility index (Phi) is 9.16. The third-order valence-corrected chi connectivity index (χ3v) is 4.58. The highest BCUT2D eigenvalue weighted by Gasteiger charge is 2.40. The van der Waals surface area contributed by atoms with E-state index in [1.54, 1.807) is 0 Å². The van der Waals surface area contributed by atoms with Gasteiger partial charge in [-0.15, -0.1) is 6.58 Å². The molecule has 2 fully saturated rings. The van der Waals surface area contributed by atoms with Crippen molar-refractivity contribution in [2.45, 2.75) is 90.7 Å². The molecule has 4 nitrogen and oxygen atoms in total. The van der Waals surface area contributed by atoms with Gasteiger partial charge in [0.1, 0.15) is 0 Å². The number of hydrogen-bond donors (Lipinski definition) is 0. The summed E-state index contributed by atoms with van der Waals surface area (Å²) >= 11 is 0. The first kappa shape index (κ1) is 23.1. The fourth-order valence-corrected chi connectivity index (χ4v) is 3.44. The smallest absolute Gasteiger partial charge is 0.163 e. The molecule has 0 bridgehead atoms. The van der Waals surface area contributed by atoms with Gasteiger partial charge in [0.2, 0.25) is 0 Å². The highest BCUT2D eigenvalue weighted by Crippen LogP contribution is 2.33. The van der Waals surface area contributed by atoms with Gasteiger partial charge >= 0.3 is 0 Å². The summed E-state index contributed by atoms with van der Waals surface area (Å²) in [6.45, 7) is 15.5. The zero-order valence-electron chi connectivity index (χ0n) is 18.2. The third-order valence-electron chi connectivity index (χ3n) is 4.58. The summed E-state index contributed by atoms with van der Waals surface area (Å²) in [4.78, 5) is 0. The van der Waals surface area contributed by atoms with Crippen LogP contribution in [0.25, 0.3) is 0 Å². The van der Waals surface area contributed by atoms with Gasteiger partial charge in [-0.05, 0) is 31.7 Å². The average Bonchev–Trinajstić information content (AvgIpc) is 3.16. The van der Waals surface area contributed by atoms with Crippen molar-refractivity contribution >= 4 is 0 Å². The lowest BCUT2D eigenvalue weighted by molar-refractivity contribution is -0.144. The number of benzene rings is 1. The van der Waals surface area contributed by atoms with Gasteiger partial charge in [0, 0.05) is 12.8 Å². The molecule has 0 amide bonds. The Hall–Kier alpha value is -1.20. The van der Waals surface area contributed by atoms with E-state index in [9.17, 15) is 0 Å². The fraction of sp³-hybridized carbons (Fsp3) is 0.667. The number of ether oxygens (including phenoxy) is 4. The summed E-state index contributed by atoms with van der Waals surface area (Å²) in [6.07, 6.45) is 4.86. The molecule has 0 N–H and O–H groups in total. The summed E-state index contributed by atoms with van der Waals surface area (Å²) in [5, 5.41) is 0. The molecule has 0 aliphatic carbocycles. The first-order valence-corrected chi connectivity index (χ1v) is 10.5. The molecule has 2 aliphatic rings. The van der Waals surface area contributed by atoms with Crippen LogP contribution in [0.3, 0.4) is 0 Å². The second-order valence-electron chi connectivity index (χ2n) is 8.81. The van der Waals surface area contributed by atoms with Crippen molar-refractivity contribution in [1.29, 1.82) is 0 Å². The lowest BCUT2D eigenvalue weighted by Gasteiger charge is -2.23. The zero-order chi connectivity index (χ0) is 20.6. The SMILES string of the molecule is C=CC[C@H]1C[C@@H](OCc2ccccc2)[C@@H](C[C@@H]2COC(C)(C)O2)O1.CC(C)C. The Morgan fingerprint density at radius 3 is 2.43 bits per heavy atom. The van der Waals surface area contributed by atoms with Crippen LogP contribution in [0, 0.1) is 5.92 Å². The Morgan fingerprint density at radius 2 is 1.86 bits per heavy atom. The van der Waals surface area contributed by atoms with Crippen molar-refractivity contribution in [3.63, 3.8) is 0 Å². The lowest BCUT2D eigenvalue weighted by Crippen LogP contribution is -2.30. The van der Waals surface area contributed by atoms with Gasteiger partial charge in [-0.3, -0.25) is 0 Å². The molecule has 1 aromatic carbocycles. The van der Waals surface area contributed by atoms with Gasteiger partial charge in [0.15, 0.2) is 5.79 Å². The van der Waals surface area contributed by atoms with E-state index < -0.39 is 5.79 Å². The van der Waals surface area contributed by atoms with Crippen molar-refractivity contribution in [3.05, 3.63) is 48.6 Å². The van der Waals surface area contributed by atoms with Crippen LogP contribution in [-0.4, -0.2) is 36.8 Å². The van der Waals surface area contributed by atoms with E-state index in [1.165, 1.54) is 5.56 Å². The minimum Gasteiger partial charge on any atom is -0.372 e. The lowest BCUT2D eigenvalue weighted by atomic mass is 10.0. The van der Waals surface area contributed by atoms with E-state index in [4.69, 9.17) is 18.9 Å². The molecule has 0 aromatic heterocycles. The molecule has 2 heterocycles. The topological polar surface area (TPSA) is 36.9 Å². The van der Waals surface area contributed by atoms with Crippen LogP contribution in [0.5, 0.6) is 0 Å². The van der Waals surface area contributed by atoms with E-state index >= 15 is 0 Å². The van der Waals surface area contributed by atoms with E-state index in [1.807, 2.05) is 38.1 Å². The van der Waals surface area contributed by atoms with Crippen LogP contribution < -0.4 is 0 Å². The molecule has 0 saturated carbocycles. The normalized spacial score (nSPS) is 28.8. The molecule has 3 rings (SSSR count). The summed E-state index contributed by atoms with van der Waals surface area (Å²) in [5.74, 6) is 0.337. The molecule has 0 radical (unpaired) electrons. The van der Waals surface area contributed by atoms with Gasteiger partial charge in [-0.25, -0.2) is 0 Å². The molecule has 28 heavy (non-hydrogen) atoms. The summed E-state index contributed by atoms with van der Waals surface area (Å²) in [7, 11) is 0. The Balaban J connectivity index is 0.000000640. The van der Waals surface area contributed by atoms with Crippen molar-refractivity contribution in [2.75, 3.05) is 6.61 Å². The first-order chi connectivity index (χ1) is 13.3. The van der Waals surface area contributed by atoms with Crippen LogP contribution in [0.15, 0.2) is 43.0 Å². The van der Waals surface area contributed by atoms with Crippen molar-refractivity contribution in [3.8, 4) is 0 Å². The molecular formula is C24H38O4. The second kappa shape index (κ2) is 11.1. The first-order valence-electron chi connectivity index (χ1n) is 10.5. The number of hydrogen-bond acceptors (Lipinski definition) is 4. The van der Waals surface area contributed by atoms with Gasteiger partial charge < -0.3 is 18.9 Å².